The summed E-state index contributed by atoms with van der Waals surface area (Å²) in [5.41, 5.74) is 1.67. The van der Waals surface area contributed by atoms with Gasteiger partial charge in [-0.25, -0.2) is 18.7 Å². The third-order valence-corrected chi connectivity index (χ3v) is 5.98. The van der Waals surface area contributed by atoms with E-state index in [2.05, 4.69) is 19.9 Å². The summed E-state index contributed by atoms with van der Waals surface area (Å²) in [5, 5.41) is 0. The van der Waals surface area contributed by atoms with Gasteiger partial charge in [-0.1, -0.05) is 12.1 Å². The normalized spacial score (nSPS) is 12.6. The summed E-state index contributed by atoms with van der Waals surface area (Å²) in [6.07, 6.45) is 0.0143. The van der Waals surface area contributed by atoms with Crippen LogP contribution in [0.2, 0.25) is 0 Å². The second-order valence-corrected chi connectivity index (χ2v) is 8.42. The number of ketones is 1. The SMILES string of the molecule is O=C(Cc1cc(Cc2ncccc2-c2ncnc3c2N=CC3)c(F)cc1F)c1cccc(C(F)(F)F)c1. The summed E-state index contributed by atoms with van der Waals surface area (Å²) in [7, 11) is 0. The minimum Gasteiger partial charge on any atom is -0.294 e. The van der Waals surface area contributed by atoms with Crippen LogP contribution in [0.5, 0.6) is 0 Å². The first kappa shape index (κ1) is 24.4. The fraction of sp³-hybridized carbons (Fsp3) is 0.148. The van der Waals surface area contributed by atoms with Gasteiger partial charge < -0.3 is 0 Å². The molecule has 0 N–H and O–H groups in total. The molecule has 1 aliphatic rings. The molecule has 5 rings (SSSR count). The molecule has 0 saturated heterocycles. The molecule has 0 amide bonds. The van der Waals surface area contributed by atoms with E-state index in [0.29, 0.717) is 41.2 Å². The Balaban J connectivity index is 1.46. The largest absolute Gasteiger partial charge is 0.416 e. The zero-order valence-corrected chi connectivity index (χ0v) is 19.1. The second kappa shape index (κ2) is 9.61. The number of alkyl halides is 3. The van der Waals surface area contributed by atoms with Gasteiger partial charge in [-0.05, 0) is 41.5 Å². The highest BCUT2D eigenvalue weighted by Gasteiger charge is 2.31. The molecule has 2 aromatic carbocycles. The second-order valence-electron chi connectivity index (χ2n) is 8.42. The Morgan fingerprint density at radius 3 is 2.54 bits per heavy atom. The molecule has 0 bridgehead atoms. The maximum Gasteiger partial charge on any atom is 0.416 e. The zero-order chi connectivity index (χ0) is 26.2. The van der Waals surface area contributed by atoms with Crippen molar-refractivity contribution in [1.29, 1.82) is 0 Å². The van der Waals surface area contributed by atoms with Gasteiger partial charge in [-0.3, -0.25) is 14.8 Å². The summed E-state index contributed by atoms with van der Waals surface area (Å²) >= 11 is 0. The van der Waals surface area contributed by atoms with Crippen molar-refractivity contribution in [2.24, 2.45) is 4.99 Å². The van der Waals surface area contributed by atoms with Crippen molar-refractivity contribution in [3.8, 4) is 11.3 Å². The van der Waals surface area contributed by atoms with Crippen molar-refractivity contribution in [3.05, 3.63) is 106 Å². The van der Waals surface area contributed by atoms with Gasteiger partial charge in [-0.2, -0.15) is 13.2 Å². The highest BCUT2D eigenvalue weighted by molar-refractivity contribution is 5.97. The quantitative estimate of drug-likeness (QED) is 0.233. The van der Waals surface area contributed by atoms with Crippen molar-refractivity contribution in [2.45, 2.75) is 25.4 Å². The number of hydrogen-bond donors (Lipinski definition) is 0. The lowest BCUT2D eigenvalue weighted by Gasteiger charge is -2.12. The summed E-state index contributed by atoms with van der Waals surface area (Å²) in [5.74, 6) is -2.53. The minimum atomic E-state index is -4.62. The number of benzene rings is 2. The van der Waals surface area contributed by atoms with Gasteiger partial charge in [0, 0.05) is 48.9 Å². The van der Waals surface area contributed by atoms with E-state index in [4.69, 9.17) is 0 Å². The van der Waals surface area contributed by atoms with Crippen LogP contribution in [0.1, 0.15) is 38.4 Å². The van der Waals surface area contributed by atoms with Gasteiger partial charge in [0.2, 0.25) is 0 Å². The van der Waals surface area contributed by atoms with Gasteiger partial charge in [0.1, 0.15) is 29.3 Å². The standard InChI is InChI=1S/C27H17F5N4O/c28-20-13-21(29)17(12-24(37)15-3-1-4-18(10-15)27(30,31)32)9-16(20)11-23-19(5-2-7-33-23)25-26-22(6-8-34-26)35-14-36-25/h1-5,7-10,13-14H,6,11-12H2. The number of fused-ring (bicyclic) bond motifs is 1. The van der Waals surface area contributed by atoms with Gasteiger partial charge in [0.05, 0.1) is 17.0 Å². The van der Waals surface area contributed by atoms with Crippen LogP contribution < -0.4 is 0 Å². The molecule has 10 heteroatoms. The van der Waals surface area contributed by atoms with Crippen LogP contribution in [0.3, 0.4) is 0 Å². The number of Topliss-reactive ketones (excluding diaryl/α,β-unsaturated/α-hetero) is 1. The Morgan fingerprint density at radius 2 is 1.73 bits per heavy atom. The van der Waals surface area contributed by atoms with Crippen molar-refractivity contribution < 1.29 is 26.7 Å². The van der Waals surface area contributed by atoms with Crippen LogP contribution >= 0.6 is 0 Å². The minimum absolute atomic E-state index is 0.0461. The Morgan fingerprint density at radius 1 is 0.919 bits per heavy atom. The van der Waals surface area contributed by atoms with E-state index in [1.807, 2.05) is 0 Å². The molecule has 186 valence electrons. The molecular formula is C27H17F5N4O. The molecule has 37 heavy (non-hydrogen) atoms. The van der Waals surface area contributed by atoms with Crippen LogP contribution in [0.4, 0.5) is 27.6 Å². The number of halogens is 5. The average Bonchev–Trinajstić information content (AvgIpc) is 3.36. The molecule has 4 aromatic rings. The summed E-state index contributed by atoms with van der Waals surface area (Å²) in [4.78, 5) is 29.9. The summed E-state index contributed by atoms with van der Waals surface area (Å²) in [6, 6.07) is 9.23. The topological polar surface area (TPSA) is 68.1 Å². The van der Waals surface area contributed by atoms with Crippen molar-refractivity contribution in [1.82, 2.24) is 15.0 Å². The molecule has 3 heterocycles. The van der Waals surface area contributed by atoms with E-state index >= 15 is 0 Å². The van der Waals surface area contributed by atoms with E-state index in [1.165, 1.54) is 24.7 Å². The van der Waals surface area contributed by atoms with Crippen molar-refractivity contribution in [3.63, 3.8) is 0 Å². The molecule has 5 nitrogen and oxygen atoms in total. The molecule has 0 aliphatic carbocycles. The van der Waals surface area contributed by atoms with Gasteiger partial charge in [0.25, 0.3) is 0 Å². The van der Waals surface area contributed by atoms with Crippen LogP contribution in [-0.4, -0.2) is 26.9 Å². The monoisotopic (exact) mass is 508 g/mol. The number of hydrogen-bond acceptors (Lipinski definition) is 5. The van der Waals surface area contributed by atoms with Crippen LogP contribution in [0.25, 0.3) is 11.3 Å². The van der Waals surface area contributed by atoms with Crippen LogP contribution in [-0.2, 0) is 25.4 Å². The zero-order valence-electron chi connectivity index (χ0n) is 19.1. The number of carbonyl (C=O) groups is 1. The Bertz CT molecular complexity index is 1550. The van der Waals surface area contributed by atoms with Crippen molar-refractivity contribution in [2.75, 3.05) is 0 Å². The van der Waals surface area contributed by atoms with E-state index in [-0.39, 0.29) is 23.1 Å². The highest BCUT2D eigenvalue weighted by Crippen LogP contribution is 2.35. The van der Waals surface area contributed by atoms with Crippen LogP contribution in [0.15, 0.2) is 66.0 Å². The predicted molar refractivity (Wildman–Crippen MR) is 126 cm³/mol. The maximum absolute atomic E-state index is 14.8. The molecule has 2 aromatic heterocycles. The van der Waals surface area contributed by atoms with Crippen LogP contribution in [0, 0.1) is 11.6 Å². The average molecular weight is 508 g/mol. The Labute approximate surface area is 207 Å². The molecule has 0 spiro atoms. The molecule has 0 fully saturated rings. The third kappa shape index (κ3) is 5.00. The first-order chi connectivity index (χ1) is 17.7. The number of aliphatic imine (C=N–C) groups is 1. The predicted octanol–water partition coefficient (Wildman–Crippen LogP) is 6.11. The molecule has 0 saturated carbocycles. The van der Waals surface area contributed by atoms with E-state index < -0.39 is 35.6 Å². The lowest BCUT2D eigenvalue weighted by atomic mass is 9.96. The van der Waals surface area contributed by atoms with E-state index in [9.17, 15) is 26.7 Å². The number of rotatable bonds is 6. The Kier molecular flexibility index (Phi) is 6.32. The fourth-order valence-electron chi connectivity index (χ4n) is 4.16. The smallest absolute Gasteiger partial charge is 0.294 e. The lowest BCUT2D eigenvalue weighted by Crippen LogP contribution is -2.10. The number of nitrogens with zero attached hydrogens (tertiary/aromatic N) is 4. The number of carbonyl (C=O) groups excluding carboxylic acids is 1. The highest BCUT2D eigenvalue weighted by atomic mass is 19.4. The molecular weight excluding hydrogens is 491 g/mol. The van der Waals surface area contributed by atoms with E-state index in [0.717, 1.165) is 17.8 Å². The number of pyridine rings is 1. The summed E-state index contributed by atoms with van der Waals surface area (Å²) < 4.78 is 68.4. The van der Waals surface area contributed by atoms with Gasteiger partial charge in [0.15, 0.2) is 5.78 Å². The summed E-state index contributed by atoms with van der Waals surface area (Å²) in [6.45, 7) is 0. The maximum atomic E-state index is 14.8. The lowest BCUT2D eigenvalue weighted by molar-refractivity contribution is -0.137. The first-order valence-corrected chi connectivity index (χ1v) is 11.2. The number of aromatic nitrogens is 3. The van der Waals surface area contributed by atoms with Crippen molar-refractivity contribution >= 4 is 17.7 Å². The third-order valence-electron chi connectivity index (χ3n) is 5.98. The van der Waals surface area contributed by atoms with Gasteiger partial charge in [-0.15, -0.1) is 0 Å². The van der Waals surface area contributed by atoms with E-state index in [1.54, 1.807) is 18.3 Å². The molecule has 0 atom stereocenters. The fourth-order valence-corrected chi connectivity index (χ4v) is 4.16. The molecule has 0 radical (unpaired) electrons. The van der Waals surface area contributed by atoms with Gasteiger partial charge >= 0.3 is 6.18 Å². The Hall–Kier alpha value is -4.34. The molecule has 0 unspecified atom stereocenters. The first-order valence-electron chi connectivity index (χ1n) is 11.2. The molecule has 1 aliphatic heterocycles.